The summed E-state index contributed by atoms with van der Waals surface area (Å²) < 4.78 is 15.2. The Balaban J connectivity index is 1.54. The number of aryl methyl sites for hydroxylation is 2. The van der Waals surface area contributed by atoms with E-state index in [9.17, 15) is 4.79 Å². The third kappa shape index (κ3) is 4.37. The number of anilines is 1. The molecule has 2 aromatic heterocycles. The Morgan fingerprint density at radius 2 is 1.75 bits per heavy atom. The number of para-hydroxylation sites is 1. The number of methoxy groups -OCH3 is 2. The predicted octanol–water partition coefficient (Wildman–Crippen LogP) is 6.43. The summed E-state index contributed by atoms with van der Waals surface area (Å²) in [6.07, 6.45) is 2.03. The molecule has 0 aliphatic carbocycles. The number of rotatable bonds is 5. The van der Waals surface area contributed by atoms with Crippen LogP contribution in [0.4, 0.5) is 10.5 Å². The number of carbonyl (C=O) groups is 1. The van der Waals surface area contributed by atoms with E-state index >= 15 is 0 Å². The number of nitrogens with zero attached hydrogens (tertiary/aromatic N) is 4. The molecule has 0 radical (unpaired) electrons. The number of carbonyl (C=O) groups excluding carboxylic acids is 1. The van der Waals surface area contributed by atoms with Crippen molar-refractivity contribution in [2.75, 3.05) is 19.5 Å². The molecule has 0 bridgehead atoms. The Morgan fingerprint density at radius 1 is 0.925 bits per heavy atom. The van der Waals surface area contributed by atoms with E-state index in [1.165, 1.54) is 0 Å². The number of benzene rings is 3. The number of nitrogens with one attached hydrogen (secondary N) is 1. The van der Waals surface area contributed by atoms with Crippen molar-refractivity contribution in [2.45, 2.75) is 26.4 Å². The molecular formula is C32H31N5O3. The summed E-state index contributed by atoms with van der Waals surface area (Å²) in [7, 11) is 3.25. The first-order valence-electron chi connectivity index (χ1n) is 13.2. The van der Waals surface area contributed by atoms with Crippen LogP contribution in [0.15, 0.2) is 91.1 Å². The molecule has 0 unspecified atom stereocenters. The van der Waals surface area contributed by atoms with E-state index in [2.05, 4.69) is 16.0 Å². The van der Waals surface area contributed by atoms with Crippen molar-refractivity contribution in [3.05, 3.63) is 119 Å². The van der Waals surface area contributed by atoms with Crippen LogP contribution in [0.3, 0.4) is 0 Å². The number of urea groups is 1. The number of amides is 2. The number of hydrogen-bond donors (Lipinski definition) is 1. The summed E-state index contributed by atoms with van der Waals surface area (Å²) in [6, 6.07) is 27.1. The van der Waals surface area contributed by atoms with Crippen LogP contribution in [0.25, 0.3) is 11.5 Å². The molecule has 6 rings (SSSR count). The zero-order valence-electron chi connectivity index (χ0n) is 23.0. The highest BCUT2D eigenvalue weighted by atomic mass is 16.5. The summed E-state index contributed by atoms with van der Waals surface area (Å²) in [6.45, 7) is 4.32. The average molecular weight is 534 g/mol. The number of fused-ring (bicyclic) bond motifs is 3. The molecule has 1 aliphatic heterocycles. The van der Waals surface area contributed by atoms with Gasteiger partial charge in [-0.3, -0.25) is 0 Å². The van der Waals surface area contributed by atoms with E-state index in [4.69, 9.17) is 14.6 Å². The van der Waals surface area contributed by atoms with Crippen molar-refractivity contribution in [3.63, 3.8) is 0 Å². The molecule has 3 aromatic carbocycles. The molecule has 8 nitrogen and oxygen atoms in total. The topological polar surface area (TPSA) is 73.5 Å². The van der Waals surface area contributed by atoms with Gasteiger partial charge in [0.15, 0.2) is 0 Å². The fourth-order valence-electron chi connectivity index (χ4n) is 5.42. The largest absolute Gasteiger partial charge is 0.497 e. The van der Waals surface area contributed by atoms with Gasteiger partial charge in [-0.05, 0) is 73.5 Å². The van der Waals surface area contributed by atoms with Crippen molar-refractivity contribution in [1.82, 2.24) is 19.2 Å². The first-order chi connectivity index (χ1) is 19.5. The zero-order chi connectivity index (χ0) is 27.8. The van der Waals surface area contributed by atoms with Crippen molar-refractivity contribution < 1.29 is 14.3 Å². The molecule has 0 spiro atoms. The first-order valence-corrected chi connectivity index (χ1v) is 13.2. The standard InChI is InChI=1S/C32H31N5O3/c1-21-15-16-29(40-4)27(18-21)33-32(38)36-20-26-22(2)34-37(24-11-6-5-7-12-24)31(26)35-17-9-14-28(35)30(36)23-10-8-13-25(19-23)39-3/h5-19,30H,20H2,1-4H3,(H,33,38)/t30-/m1/s1. The molecule has 1 aliphatic rings. The molecule has 202 valence electrons. The van der Waals surface area contributed by atoms with Crippen LogP contribution in [-0.4, -0.2) is 39.5 Å². The molecule has 0 saturated heterocycles. The van der Waals surface area contributed by atoms with Gasteiger partial charge in [-0.1, -0.05) is 36.4 Å². The molecule has 1 atom stereocenters. The SMILES string of the molecule is COc1cccc([C@@H]2c3cccn3-c3c(c(C)nn3-c3ccccc3)CN2C(=O)Nc2cc(C)ccc2OC)c1. The van der Waals surface area contributed by atoms with Crippen molar-refractivity contribution in [1.29, 1.82) is 0 Å². The van der Waals surface area contributed by atoms with Crippen molar-refractivity contribution >= 4 is 11.7 Å². The van der Waals surface area contributed by atoms with Gasteiger partial charge in [0.25, 0.3) is 0 Å². The molecule has 0 saturated carbocycles. The molecule has 8 heteroatoms. The molecule has 1 N–H and O–H groups in total. The van der Waals surface area contributed by atoms with E-state index in [-0.39, 0.29) is 6.03 Å². The molecule has 40 heavy (non-hydrogen) atoms. The molecule has 5 aromatic rings. The Bertz CT molecular complexity index is 1690. The summed E-state index contributed by atoms with van der Waals surface area (Å²) in [5.74, 6) is 2.24. The van der Waals surface area contributed by atoms with E-state index in [0.29, 0.717) is 18.0 Å². The first kappa shape index (κ1) is 25.3. The second-order valence-electron chi connectivity index (χ2n) is 9.88. The van der Waals surface area contributed by atoms with Gasteiger partial charge in [-0.15, -0.1) is 0 Å². The molecule has 2 amide bonds. The van der Waals surface area contributed by atoms with Crippen LogP contribution < -0.4 is 14.8 Å². The number of aromatic nitrogens is 3. The van der Waals surface area contributed by atoms with Gasteiger partial charge >= 0.3 is 6.03 Å². The third-order valence-electron chi connectivity index (χ3n) is 7.35. The van der Waals surface area contributed by atoms with Gasteiger partial charge < -0.3 is 24.3 Å². The van der Waals surface area contributed by atoms with Crippen LogP contribution in [0, 0.1) is 13.8 Å². The minimum absolute atomic E-state index is 0.246. The molecule has 3 heterocycles. The second-order valence-corrected chi connectivity index (χ2v) is 9.88. The Labute approximate surface area is 233 Å². The average Bonchev–Trinajstić information content (AvgIpc) is 3.54. The predicted molar refractivity (Wildman–Crippen MR) is 155 cm³/mol. The lowest BCUT2D eigenvalue weighted by Gasteiger charge is -2.31. The van der Waals surface area contributed by atoms with Gasteiger partial charge in [-0.2, -0.15) is 5.10 Å². The maximum Gasteiger partial charge on any atom is 0.323 e. The van der Waals surface area contributed by atoms with Crippen LogP contribution >= 0.6 is 0 Å². The van der Waals surface area contributed by atoms with Crippen LogP contribution in [0.2, 0.25) is 0 Å². The zero-order valence-corrected chi connectivity index (χ0v) is 23.0. The Hall–Kier alpha value is -4.98. The van der Waals surface area contributed by atoms with Gasteiger partial charge in [0.05, 0.1) is 49.6 Å². The normalized spacial score (nSPS) is 14.2. The lowest BCUT2D eigenvalue weighted by molar-refractivity contribution is 0.194. The second kappa shape index (κ2) is 10.3. The fraction of sp³-hybridized carbons (Fsp3) is 0.188. The molecule has 0 fully saturated rings. The summed E-state index contributed by atoms with van der Waals surface area (Å²) >= 11 is 0. The highest BCUT2D eigenvalue weighted by Gasteiger charge is 2.36. The highest BCUT2D eigenvalue weighted by molar-refractivity contribution is 5.92. The van der Waals surface area contributed by atoms with Crippen LogP contribution in [0.5, 0.6) is 11.5 Å². The minimum Gasteiger partial charge on any atom is -0.497 e. The van der Waals surface area contributed by atoms with E-state index in [1.807, 2.05) is 108 Å². The van der Waals surface area contributed by atoms with Crippen molar-refractivity contribution in [2.24, 2.45) is 0 Å². The lowest BCUT2D eigenvalue weighted by Crippen LogP contribution is -2.38. The maximum absolute atomic E-state index is 14.3. The number of ether oxygens (including phenoxy) is 2. The monoisotopic (exact) mass is 533 g/mol. The van der Waals surface area contributed by atoms with Gasteiger partial charge in [0.1, 0.15) is 17.3 Å². The minimum atomic E-state index is -0.406. The molecular weight excluding hydrogens is 502 g/mol. The number of hydrogen-bond acceptors (Lipinski definition) is 4. The quantitative estimate of drug-likeness (QED) is 0.282. The fourth-order valence-corrected chi connectivity index (χ4v) is 5.42. The summed E-state index contributed by atoms with van der Waals surface area (Å²) in [4.78, 5) is 16.1. The third-order valence-corrected chi connectivity index (χ3v) is 7.35. The van der Waals surface area contributed by atoms with Crippen LogP contribution in [-0.2, 0) is 6.54 Å². The lowest BCUT2D eigenvalue weighted by atomic mass is 10.0. The highest BCUT2D eigenvalue weighted by Crippen LogP contribution is 2.40. The van der Waals surface area contributed by atoms with E-state index in [1.54, 1.807) is 14.2 Å². The Morgan fingerprint density at radius 3 is 2.52 bits per heavy atom. The van der Waals surface area contributed by atoms with E-state index < -0.39 is 6.04 Å². The Kier molecular flexibility index (Phi) is 6.51. The van der Waals surface area contributed by atoms with Crippen molar-refractivity contribution in [3.8, 4) is 23.0 Å². The van der Waals surface area contributed by atoms with E-state index in [0.717, 1.165) is 45.3 Å². The van der Waals surface area contributed by atoms with Gasteiger partial charge in [0.2, 0.25) is 0 Å². The van der Waals surface area contributed by atoms with Gasteiger partial charge in [-0.25, -0.2) is 9.48 Å². The van der Waals surface area contributed by atoms with Gasteiger partial charge in [0, 0.05) is 11.8 Å². The summed E-state index contributed by atoms with van der Waals surface area (Å²) in [5.41, 5.74) is 6.30. The summed E-state index contributed by atoms with van der Waals surface area (Å²) in [5, 5.41) is 8.06. The maximum atomic E-state index is 14.3. The van der Waals surface area contributed by atoms with Crippen LogP contribution in [0.1, 0.15) is 34.1 Å². The smallest absolute Gasteiger partial charge is 0.323 e.